The van der Waals surface area contributed by atoms with Crippen LogP contribution in [0.15, 0.2) is 48.5 Å². The summed E-state index contributed by atoms with van der Waals surface area (Å²) in [7, 11) is 0. The van der Waals surface area contributed by atoms with E-state index < -0.39 is 24.1 Å². The van der Waals surface area contributed by atoms with Crippen LogP contribution in [0.5, 0.6) is 11.5 Å². The van der Waals surface area contributed by atoms with Crippen LogP contribution in [0.1, 0.15) is 51.7 Å². The predicted octanol–water partition coefficient (Wildman–Crippen LogP) is 4.00. The molecule has 8 nitrogen and oxygen atoms in total. The number of thiol groups is 2. The maximum absolute atomic E-state index is 11.6. The molecule has 0 amide bonds. The first-order valence-corrected chi connectivity index (χ1v) is 13.9. The maximum Gasteiger partial charge on any atom is 0.306 e. The topological polar surface area (TPSA) is 112 Å². The highest BCUT2D eigenvalue weighted by Gasteiger charge is 2.23. The van der Waals surface area contributed by atoms with E-state index in [9.17, 15) is 19.8 Å². The Bertz CT molecular complexity index is 941. The number of aliphatic hydroxyl groups is 2. The molecule has 39 heavy (non-hydrogen) atoms. The summed E-state index contributed by atoms with van der Waals surface area (Å²) < 4.78 is 21.3. The molecule has 4 atom stereocenters. The third-order valence-corrected chi connectivity index (χ3v) is 6.20. The Morgan fingerprint density at radius 3 is 1.33 bits per heavy atom. The quantitative estimate of drug-likeness (QED) is 0.174. The van der Waals surface area contributed by atoms with Crippen molar-refractivity contribution >= 4 is 37.2 Å². The molecule has 2 aromatic rings. The van der Waals surface area contributed by atoms with Crippen molar-refractivity contribution in [3.63, 3.8) is 0 Å². The van der Waals surface area contributed by atoms with Gasteiger partial charge in [0.15, 0.2) is 0 Å². The molecule has 216 valence electrons. The molecule has 0 aromatic heterocycles. The van der Waals surface area contributed by atoms with Crippen molar-refractivity contribution in [1.29, 1.82) is 0 Å². The SMILES string of the molecule is CC(S)CC(=O)OCC(O)COc1ccc(C(C)(C)c2ccc(OCC(O)COC(=O)CC(C)S)cc2)cc1. The lowest BCUT2D eigenvalue weighted by atomic mass is 9.78. The predicted molar refractivity (Wildman–Crippen MR) is 156 cm³/mol. The number of esters is 2. The molecule has 0 aliphatic carbocycles. The molecule has 0 fully saturated rings. The summed E-state index contributed by atoms with van der Waals surface area (Å²) in [5.41, 5.74) is 1.81. The molecular formula is C29H40O8S2. The fourth-order valence-corrected chi connectivity index (χ4v) is 3.86. The second-order valence-electron chi connectivity index (χ2n) is 10.1. The van der Waals surface area contributed by atoms with Crippen LogP contribution >= 0.6 is 25.3 Å². The number of rotatable bonds is 16. The van der Waals surface area contributed by atoms with Gasteiger partial charge in [-0.1, -0.05) is 52.0 Å². The molecule has 0 heterocycles. The number of hydrogen-bond acceptors (Lipinski definition) is 10. The summed E-state index contributed by atoms with van der Waals surface area (Å²) in [6, 6.07) is 15.2. The van der Waals surface area contributed by atoms with Crippen molar-refractivity contribution in [3.05, 3.63) is 59.7 Å². The lowest BCUT2D eigenvalue weighted by Crippen LogP contribution is -2.26. The first kappa shape index (κ1) is 32.8. The number of ether oxygens (including phenoxy) is 4. The van der Waals surface area contributed by atoms with E-state index >= 15 is 0 Å². The van der Waals surface area contributed by atoms with E-state index in [-0.39, 0.29) is 55.2 Å². The van der Waals surface area contributed by atoms with E-state index in [4.69, 9.17) is 18.9 Å². The molecule has 2 rings (SSSR count). The highest BCUT2D eigenvalue weighted by molar-refractivity contribution is 7.81. The minimum absolute atomic E-state index is 0.0000939. The number of hydrogen-bond donors (Lipinski definition) is 4. The largest absolute Gasteiger partial charge is 0.491 e. The van der Waals surface area contributed by atoms with Crippen molar-refractivity contribution in [2.24, 2.45) is 0 Å². The minimum atomic E-state index is -0.931. The van der Waals surface area contributed by atoms with Gasteiger partial charge in [0.2, 0.25) is 0 Å². The Balaban J connectivity index is 1.83. The Hall–Kier alpha value is -2.40. The molecule has 0 radical (unpaired) electrons. The van der Waals surface area contributed by atoms with Crippen molar-refractivity contribution in [2.45, 2.75) is 68.7 Å². The van der Waals surface area contributed by atoms with Gasteiger partial charge < -0.3 is 29.2 Å². The smallest absolute Gasteiger partial charge is 0.306 e. The van der Waals surface area contributed by atoms with Gasteiger partial charge in [0.05, 0.1) is 12.8 Å². The van der Waals surface area contributed by atoms with Gasteiger partial charge in [-0.05, 0) is 35.4 Å². The van der Waals surface area contributed by atoms with Gasteiger partial charge in [-0.3, -0.25) is 9.59 Å². The van der Waals surface area contributed by atoms with Gasteiger partial charge in [-0.2, -0.15) is 25.3 Å². The van der Waals surface area contributed by atoms with Crippen molar-refractivity contribution in [2.75, 3.05) is 26.4 Å². The first-order chi connectivity index (χ1) is 18.4. The fourth-order valence-electron chi connectivity index (χ4n) is 3.56. The molecule has 2 aromatic carbocycles. The van der Waals surface area contributed by atoms with Crippen LogP contribution in [0.2, 0.25) is 0 Å². The van der Waals surface area contributed by atoms with Gasteiger partial charge in [-0.25, -0.2) is 0 Å². The van der Waals surface area contributed by atoms with Crippen LogP contribution in [0.25, 0.3) is 0 Å². The summed E-state index contributed by atoms with van der Waals surface area (Å²) in [5.74, 6) is 0.379. The van der Waals surface area contributed by atoms with Crippen LogP contribution in [-0.2, 0) is 24.5 Å². The number of benzene rings is 2. The van der Waals surface area contributed by atoms with E-state index in [1.165, 1.54) is 0 Å². The molecule has 0 aliphatic heterocycles. The number of carbonyl (C=O) groups excluding carboxylic acids is 2. The van der Waals surface area contributed by atoms with Crippen LogP contribution in [-0.4, -0.2) is 71.3 Å². The average molecular weight is 581 g/mol. The molecule has 0 bridgehead atoms. The van der Waals surface area contributed by atoms with Crippen molar-refractivity contribution in [1.82, 2.24) is 0 Å². The summed E-state index contributed by atoms with van der Waals surface area (Å²) >= 11 is 8.29. The monoisotopic (exact) mass is 580 g/mol. The Kier molecular flexibility index (Phi) is 13.5. The maximum atomic E-state index is 11.6. The molecule has 0 spiro atoms. The van der Waals surface area contributed by atoms with Crippen LogP contribution in [0.4, 0.5) is 0 Å². The average Bonchev–Trinajstić information content (AvgIpc) is 2.88. The zero-order valence-electron chi connectivity index (χ0n) is 22.9. The Morgan fingerprint density at radius 1 is 0.692 bits per heavy atom. The van der Waals surface area contributed by atoms with E-state index in [0.29, 0.717) is 11.5 Å². The highest BCUT2D eigenvalue weighted by atomic mass is 32.1. The van der Waals surface area contributed by atoms with Crippen molar-refractivity contribution in [3.8, 4) is 11.5 Å². The summed E-state index contributed by atoms with van der Waals surface area (Å²) in [6.07, 6.45) is -1.50. The molecule has 0 saturated carbocycles. The zero-order chi connectivity index (χ0) is 29.0. The third kappa shape index (κ3) is 12.1. The highest BCUT2D eigenvalue weighted by Crippen LogP contribution is 2.33. The number of aliphatic hydroxyl groups excluding tert-OH is 2. The molecule has 4 unspecified atom stereocenters. The second kappa shape index (κ2) is 16.0. The van der Waals surface area contributed by atoms with Gasteiger partial charge in [0.25, 0.3) is 0 Å². The summed E-state index contributed by atoms with van der Waals surface area (Å²) in [5, 5.41) is 19.9. The van der Waals surface area contributed by atoms with Crippen LogP contribution < -0.4 is 9.47 Å². The van der Waals surface area contributed by atoms with E-state index in [2.05, 4.69) is 39.1 Å². The lowest BCUT2D eigenvalue weighted by molar-refractivity contribution is -0.147. The standard InChI is InChI=1S/C29H40O8S2/c1-19(38)13-27(32)36-17-23(30)15-34-25-9-5-21(6-10-25)29(3,4)22-7-11-26(12-8-22)35-16-24(31)18-37-28(33)14-20(2)39/h5-12,19-20,23-24,30-31,38-39H,13-18H2,1-4H3. The Morgan fingerprint density at radius 2 is 1.03 bits per heavy atom. The Labute approximate surface area is 241 Å². The van der Waals surface area contributed by atoms with E-state index in [1.54, 1.807) is 13.8 Å². The van der Waals surface area contributed by atoms with Crippen molar-refractivity contribution < 1.29 is 38.7 Å². The first-order valence-electron chi connectivity index (χ1n) is 12.9. The van der Waals surface area contributed by atoms with Gasteiger partial charge >= 0.3 is 11.9 Å². The minimum Gasteiger partial charge on any atom is -0.491 e. The fraction of sp³-hybridized carbons (Fsp3) is 0.517. The zero-order valence-corrected chi connectivity index (χ0v) is 24.7. The third-order valence-electron chi connectivity index (χ3n) is 5.83. The van der Waals surface area contributed by atoms with E-state index in [0.717, 1.165) is 11.1 Å². The van der Waals surface area contributed by atoms with Gasteiger partial charge in [0.1, 0.15) is 50.1 Å². The summed E-state index contributed by atoms with van der Waals surface area (Å²) in [4.78, 5) is 23.1. The molecule has 10 heteroatoms. The summed E-state index contributed by atoms with van der Waals surface area (Å²) in [6.45, 7) is 7.53. The normalized spacial score (nSPS) is 14.6. The van der Waals surface area contributed by atoms with E-state index in [1.807, 2.05) is 48.5 Å². The second-order valence-corrected chi connectivity index (χ2v) is 11.8. The van der Waals surface area contributed by atoms with Gasteiger partial charge in [0, 0.05) is 15.9 Å². The van der Waals surface area contributed by atoms with Crippen LogP contribution in [0.3, 0.4) is 0 Å². The molecule has 0 aliphatic rings. The molecule has 0 saturated heterocycles. The number of carbonyl (C=O) groups is 2. The molecular weight excluding hydrogens is 540 g/mol. The van der Waals surface area contributed by atoms with Gasteiger partial charge in [-0.15, -0.1) is 0 Å². The van der Waals surface area contributed by atoms with Crippen LogP contribution in [0, 0.1) is 0 Å². The lowest BCUT2D eigenvalue weighted by Gasteiger charge is -2.26. The molecule has 2 N–H and O–H groups in total.